The van der Waals surface area contributed by atoms with Crippen molar-refractivity contribution in [1.29, 1.82) is 0 Å². The Labute approximate surface area is 182 Å². The van der Waals surface area contributed by atoms with E-state index in [4.69, 9.17) is 4.74 Å². The molecule has 2 aromatic rings. The zero-order valence-electron chi connectivity index (χ0n) is 17.9. The Morgan fingerprint density at radius 2 is 1.84 bits per heavy atom. The smallest absolute Gasteiger partial charge is 0.127 e. The van der Waals surface area contributed by atoms with E-state index in [0.717, 1.165) is 42.4 Å². The van der Waals surface area contributed by atoms with Crippen LogP contribution in [-0.4, -0.2) is 40.2 Å². The highest BCUT2D eigenvalue weighted by atomic mass is 19.1. The quantitative estimate of drug-likeness (QED) is 0.684. The molecule has 5 rings (SSSR count). The summed E-state index contributed by atoms with van der Waals surface area (Å²) in [5.41, 5.74) is 6.12. The van der Waals surface area contributed by atoms with E-state index in [0.29, 0.717) is 23.8 Å². The maximum atomic E-state index is 14.9. The van der Waals surface area contributed by atoms with Crippen molar-refractivity contribution < 1.29 is 24.4 Å². The summed E-state index contributed by atoms with van der Waals surface area (Å²) in [5.74, 6) is 0.881. The molecule has 3 aliphatic rings. The fourth-order valence-electron chi connectivity index (χ4n) is 5.32. The lowest BCUT2D eigenvalue weighted by Gasteiger charge is -2.37. The molecule has 5 atom stereocenters. The van der Waals surface area contributed by atoms with E-state index in [1.165, 1.54) is 11.1 Å². The molecule has 31 heavy (non-hydrogen) atoms. The molecule has 0 spiro atoms. The van der Waals surface area contributed by atoms with E-state index in [1.54, 1.807) is 6.07 Å². The maximum absolute atomic E-state index is 14.9. The number of halogens is 1. The predicted octanol–water partition coefficient (Wildman–Crippen LogP) is 3.57. The van der Waals surface area contributed by atoms with E-state index in [2.05, 4.69) is 19.1 Å². The number of hydrogen-bond acceptors (Lipinski definition) is 4. The van der Waals surface area contributed by atoms with Crippen molar-refractivity contribution in [1.82, 2.24) is 0 Å². The zero-order valence-corrected chi connectivity index (χ0v) is 17.9. The van der Waals surface area contributed by atoms with Crippen molar-refractivity contribution in [2.24, 2.45) is 5.92 Å². The van der Waals surface area contributed by atoms with E-state index in [9.17, 15) is 19.7 Å². The number of aliphatic hydroxyl groups is 3. The van der Waals surface area contributed by atoms with Crippen LogP contribution >= 0.6 is 0 Å². The molecule has 1 saturated carbocycles. The molecule has 3 N–H and O–H groups in total. The third-order valence-corrected chi connectivity index (χ3v) is 7.16. The first-order chi connectivity index (χ1) is 14.9. The van der Waals surface area contributed by atoms with Crippen molar-refractivity contribution >= 4 is 0 Å². The van der Waals surface area contributed by atoms with Crippen LogP contribution in [0.25, 0.3) is 0 Å². The molecule has 0 amide bonds. The summed E-state index contributed by atoms with van der Waals surface area (Å²) in [7, 11) is 0. The minimum Gasteiger partial charge on any atom is -0.394 e. The highest BCUT2D eigenvalue weighted by Gasteiger charge is 2.38. The lowest BCUT2D eigenvalue weighted by Crippen LogP contribution is -2.44. The first-order valence-electron chi connectivity index (χ1n) is 11.5. The SMILES string of the molecule is CC1Cc2cc(C3OC(CO)CC(O)C3O)cc(Cc3ccc(C4CC4)cc3F)c2C1. The van der Waals surface area contributed by atoms with Crippen molar-refractivity contribution in [3.8, 4) is 0 Å². The van der Waals surface area contributed by atoms with Crippen molar-refractivity contribution in [3.05, 3.63) is 69.5 Å². The summed E-state index contributed by atoms with van der Waals surface area (Å²) in [4.78, 5) is 0. The summed E-state index contributed by atoms with van der Waals surface area (Å²) >= 11 is 0. The Morgan fingerprint density at radius 1 is 1.03 bits per heavy atom. The van der Waals surface area contributed by atoms with Crippen LogP contribution in [0.2, 0.25) is 0 Å². The molecule has 166 valence electrons. The molecule has 5 heteroatoms. The third kappa shape index (κ3) is 4.17. The van der Waals surface area contributed by atoms with Gasteiger partial charge in [-0.2, -0.15) is 0 Å². The number of ether oxygens (including phenoxy) is 1. The van der Waals surface area contributed by atoms with Crippen LogP contribution in [0, 0.1) is 11.7 Å². The van der Waals surface area contributed by atoms with Crippen LogP contribution in [0.1, 0.15) is 71.6 Å². The highest BCUT2D eigenvalue weighted by molar-refractivity contribution is 5.46. The summed E-state index contributed by atoms with van der Waals surface area (Å²) in [6.45, 7) is 2.01. The molecule has 1 heterocycles. The largest absolute Gasteiger partial charge is 0.394 e. The van der Waals surface area contributed by atoms with Gasteiger partial charge in [0.2, 0.25) is 0 Å². The van der Waals surface area contributed by atoms with Crippen molar-refractivity contribution in [2.45, 2.75) is 75.8 Å². The molecule has 2 fully saturated rings. The topological polar surface area (TPSA) is 69.9 Å². The molecule has 0 radical (unpaired) electrons. The summed E-state index contributed by atoms with van der Waals surface area (Å²) in [5, 5.41) is 30.4. The Bertz CT molecular complexity index is 970. The molecule has 2 aliphatic carbocycles. The van der Waals surface area contributed by atoms with Gasteiger partial charge in [0.1, 0.15) is 18.0 Å². The first-order valence-corrected chi connectivity index (χ1v) is 11.5. The van der Waals surface area contributed by atoms with Gasteiger partial charge < -0.3 is 20.1 Å². The van der Waals surface area contributed by atoms with E-state index in [-0.39, 0.29) is 18.8 Å². The average molecular weight is 427 g/mol. The normalized spacial score (nSPS) is 30.4. The van der Waals surface area contributed by atoms with Crippen molar-refractivity contribution in [3.63, 3.8) is 0 Å². The van der Waals surface area contributed by atoms with Gasteiger partial charge in [-0.15, -0.1) is 0 Å². The second-order valence-electron chi connectivity index (χ2n) is 9.79. The molecule has 5 unspecified atom stereocenters. The van der Waals surface area contributed by atoms with Crippen LogP contribution in [-0.2, 0) is 24.0 Å². The number of rotatable bonds is 5. The van der Waals surface area contributed by atoms with E-state index < -0.39 is 24.4 Å². The molecule has 0 bridgehead atoms. The lowest BCUT2D eigenvalue weighted by molar-refractivity contribution is -0.179. The predicted molar refractivity (Wildman–Crippen MR) is 116 cm³/mol. The van der Waals surface area contributed by atoms with Gasteiger partial charge in [0.25, 0.3) is 0 Å². The van der Waals surface area contributed by atoms with Gasteiger partial charge in [0.05, 0.1) is 18.8 Å². The Kier molecular flexibility index (Phi) is 5.63. The van der Waals surface area contributed by atoms with Crippen molar-refractivity contribution in [2.75, 3.05) is 6.61 Å². The Balaban J connectivity index is 1.49. The lowest BCUT2D eigenvalue weighted by atomic mass is 9.88. The first kappa shape index (κ1) is 21.1. The fraction of sp³-hybridized carbons (Fsp3) is 0.538. The van der Waals surface area contributed by atoms with Crippen LogP contribution in [0.5, 0.6) is 0 Å². The van der Waals surface area contributed by atoms with Crippen LogP contribution < -0.4 is 0 Å². The zero-order chi connectivity index (χ0) is 21.7. The van der Waals surface area contributed by atoms with Gasteiger partial charge in [-0.25, -0.2) is 4.39 Å². The second kappa shape index (κ2) is 8.28. The summed E-state index contributed by atoms with van der Waals surface area (Å²) < 4.78 is 20.8. The van der Waals surface area contributed by atoms with Gasteiger partial charge in [0.15, 0.2) is 0 Å². The fourth-order valence-corrected chi connectivity index (χ4v) is 5.32. The molecule has 1 aliphatic heterocycles. The van der Waals surface area contributed by atoms with E-state index in [1.807, 2.05) is 12.1 Å². The van der Waals surface area contributed by atoms with E-state index >= 15 is 0 Å². The standard InChI is InChI=1S/C26H31FO4/c1-14-6-18-9-20(26-25(30)24(29)12-21(13-28)31-26)10-19(22(18)7-14)8-17-5-4-16(11-23(17)27)15-2-3-15/h4-5,9-11,14-15,21,24-26,28-30H,2-3,6-8,12-13H2,1H3. The number of fused-ring (bicyclic) bond motifs is 1. The van der Waals surface area contributed by atoms with Crippen LogP contribution in [0.4, 0.5) is 4.39 Å². The minimum absolute atomic E-state index is 0.153. The maximum Gasteiger partial charge on any atom is 0.127 e. The van der Waals surface area contributed by atoms with Gasteiger partial charge >= 0.3 is 0 Å². The highest BCUT2D eigenvalue weighted by Crippen LogP contribution is 2.41. The van der Waals surface area contributed by atoms with Gasteiger partial charge in [-0.1, -0.05) is 31.2 Å². The molecule has 2 aromatic carbocycles. The molecular weight excluding hydrogens is 395 g/mol. The Hall–Kier alpha value is -1.79. The summed E-state index contributed by atoms with van der Waals surface area (Å²) in [6, 6.07) is 9.73. The minimum atomic E-state index is -1.05. The van der Waals surface area contributed by atoms with Gasteiger partial charge in [0, 0.05) is 12.8 Å². The average Bonchev–Trinajstić information content (AvgIpc) is 3.52. The number of benzene rings is 2. The second-order valence-corrected chi connectivity index (χ2v) is 9.79. The van der Waals surface area contributed by atoms with Gasteiger partial charge in [-0.05, 0) is 77.0 Å². The van der Waals surface area contributed by atoms with Gasteiger partial charge in [-0.3, -0.25) is 0 Å². The molecule has 1 saturated heterocycles. The number of aliphatic hydroxyl groups excluding tert-OH is 3. The van der Waals surface area contributed by atoms with Crippen LogP contribution in [0.3, 0.4) is 0 Å². The van der Waals surface area contributed by atoms with Crippen LogP contribution in [0.15, 0.2) is 30.3 Å². The molecular formula is C26H31FO4. The Morgan fingerprint density at radius 3 is 2.55 bits per heavy atom. The molecule has 4 nitrogen and oxygen atoms in total. The molecule has 0 aromatic heterocycles. The summed E-state index contributed by atoms with van der Waals surface area (Å²) in [6.07, 6.45) is 1.69. The third-order valence-electron chi connectivity index (χ3n) is 7.16. The monoisotopic (exact) mass is 426 g/mol. The number of hydrogen-bond donors (Lipinski definition) is 3.